The van der Waals surface area contributed by atoms with Crippen molar-refractivity contribution < 1.29 is 28.2 Å². The number of benzene rings is 2. The molecular formula is C20H18N2O7. The Balaban J connectivity index is 1.27. The van der Waals surface area contributed by atoms with Crippen LogP contribution in [0, 0.1) is 0 Å². The molecule has 150 valence electrons. The SMILES string of the molecule is O=C(COC(=O)CCn1c(=O)oc2ccccc21)Nc1ccc2c(c1)OCCO2. The predicted octanol–water partition coefficient (Wildman–Crippen LogP) is 1.94. The van der Waals surface area contributed by atoms with E-state index in [-0.39, 0.29) is 13.0 Å². The van der Waals surface area contributed by atoms with E-state index in [9.17, 15) is 14.4 Å². The molecule has 9 heteroatoms. The van der Waals surface area contributed by atoms with E-state index in [2.05, 4.69) is 5.32 Å². The first-order valence-electron chi connectivity index (χ1n) is 9.03. The Morgan fingerprint density at radius 1 is 1.07 bits per heavy atom. The number of aryl methyl sites for hydroxylation is 1. The number of oxazole rings is 1. The summed E-state index contributed by atoms with van der Waals surface area (Å²) in [7, 11) is 0. The molecule has 0 aliphatic carbocycles. The van der Waals surface area contributed by atoms with E-state index in [0.29, 0.717) is 41.5 Å². The summed E-state index contributed by atoms with van der Waals surface area (Å²) in [6.45, 7) is 0.583. The number of para-hydroxylation sites is 2. The Labute approximate surface area is 164 Å². The molecule has 1 amide bonds. The van der Waals surface area contributed by atoms with Crippen LogP contribution in [0.15, 0.2) is 51.7 Å². The van der Waals surface area contributed by atoms with Gasteiger partial charge < -0.3 is 23.9 Å². The molecule has 0 radical (unpaired) electrons. The van der Waals surface area contributed by atoms with E-state index >= 15 is 0 Å². The van der Waals surface area contributed by atoms with Crippen molar-refractivity contribution in [1.29, 1.82) is 0 Å². The minimum absolute atomic E-state index is 0.0687. The molecule has 0 atom stereocenters. The molecule has 1 aliphatic heterocycles. The van der Waals surface area contributed by atoms with Crippen molar-refractivity contribution in [1.82, 2.24) is 4.57 Å². The van der Waals surface area contributed by atoms with Crippen LogP contribution in [-0.2, 0) is 20.9 Å². The van der Waals surface area contributed by atoms with Gasteiger partial charge in [-0.05, 0) is 24.3 Å². The van der Waals surface area contributed by atoms with E-state index in [1.807, 2.05) is 0 Å². The molecular weight excluding hydrogens is 380 g/mol. The van der Waals surface area contributed by atoms with Gasteiger partial charge in [0.2, 0.25) is 0 Å². The number of carbonyl (C=O) groups excluding carboxylic acids is 2. The Hall–Kier alpha value is -3.75. The lowest BCUT2D eigenvalue weighted by Crippen LogP contribution is -2.23. The monoisotopic (exact) mass is 398 g/mol. The second kappa shape index (κ2) is 8.09. The fourth-order valence-electron chi connectivity index (χ4n) is 2.97. The van der Waals surface area contributed by atoms with Gasteiger partial charge in [0.15, 0.2) is 23.7 Å². The third-order valence-electron chi connectivity index (χ3n) is 4.30. The summed E-state index contributed by atoms with van der Waals surface area (Å²) in [6.07, 6.45) is -0.0687. The average molecular weight is 398 g/mol. The van der Waals surface area contributed by atoms with Crippen LogP contribution in [0.1, 0.15) is 6.42 Å². The number of nitrogens with zero attached hydrogens (tertiary/aromatic N) is 1. The van der Waals surface area contributed by atoms with Gasteiger partial charge in [-0.15, -0.1) is 0 Å². The molecule has 9 nitrogen and oxygen atoms in total. The summed E-state index contributed by atoms with van der Waals surface area (Å²) < 4.78 is 22.3. The third kappa shape index (κ3) is 4.23. The number of anilines is 1. The van der Waals surface area contributed by atoms with Crippen LogP contribution in [0.4, 0.5) is 5.69 Å². The van der Waals surface area contributed by atoms with Gasteiger partial charge in [-0.3, -0.25) is 14.2 Å². The number of ether oxygens (including phenoxy) is 3. The van der Waals surface area contributed by atoms with E-state index in [4.69, 9.17) is 18.6 Å². The molecule has 0 saturated heterocycles. The topological polar surface area (TPSA) is 109 Å². The summed E-state index contributed by atoms with van der Waals surface area (Å²) in [5.74, 6) is -0.470. The van der Waals surface area contributed by atoms with E-state index in [1.165, 1.54) is 4.57 Å². The zero-order valence-electron chi connectivity index (χ0n) is 15.4. The zero-order valence-corrected chi connectivity index (χ0v) is 15.4. The summed E-state index contributed by atoms with van der Waals surface area (Å²) >= 11 is 0. The third-order valence-corrected chi connectivity index (χ3v) is 4.30. The van der Waals surface area contributed by atoms with Crippen molar-refractivity contribution in [3.8, 4) is 11.5 Å². The minimum Gasteiger partial charge on any atom is -0.486 e. The fraction of sp³-hybridized carbons (Fsp3) is 0.250. The highest BCUT2D eigenvalue weighted by Crippen LogP contribution is 2.32. The highest BCUT2D eigenvalue weighted by molar-refractivity contribution is 5.93. The first-order valence-corrected chi connectivity index (χ1v) is 9.03. The first kappa shape index (κ1) is 18.6. The highest BCUT2D eigenvalue weighted by atomic mass is 16.6. The Bertz CT molecular complexity index is 1120. The Morgan fingerprint density at radius 3 is 2.72 bits per heavy atom. The van der Waals surface area contributed by atoms with Crippen LogP contribution in [0.3, 0.4) is 0 Å². The van der Waals surface area contributed by atoms with Crippen molar-refractivity contribution in [3.05, 3.63) is 53.0 Å². The van der Waals surface area contributed by atoms with Crippen LogP contribution < -0.4 is 20.5 Å². The molecule has 1 aromatic heterocycles. The molecule has 4 rings (SSSR count). The van der Waals surface area contributed by atoms with Crippen LogP contribution >= 0.6 is 0 Å². The van der Waals surface area contributed by atoms with Gasteiger partial charge in [0.1, 0.15) is 13.2 Å². The Kier molecular flexibility index (Phi) is 5.19. The van der Waals surface area contributed by atoms with E-state index in [1.54, 1.807) is 42.5 Å². The lowest BCUT2D eigenvalue weighted by molar-refractivity contribution is -0.147. The van der Waals surface area contributed by atoms with Crippen molar-refractivity contribution in [2.24, 2.45) is 0 Å². The maximum absolute atomic E-state index is 12.0. The number of carbonyl (C=O) groups is 2. The van der Waals surface area contributed by atoms with Crippen molar-refractivity contribution in [2.45, 2.75) is 13.0 Å². The Morgan fingerprint density at radius 2 is 1.86 bits per heavy atom. The maximum atomic E-state index is 12.0. The van der Waals surface area contributed by atoms with Crippen molar-refractivity contribution >= 4 is 28.7 Å². The first-order chi connectivity index (χ1) is 14.1. The molecule has 0 fully saturated rings. The van der Waals surface area contributed by atoms with Gasteiger partial charge in [-0.2, -0.15) is 0 Å². The summed E-state index contributed by atoms with van der Waals surface area (Å²) in [5.41, 5.74) is 1.55. The number of esters is 1. The molecule has 0 spiro atoms. The smallest absolute Gasteiger partial charge is 0.419 e. The van der Waals surface area contributed by atoms with Gasteiger partial charge in [-0.1, -0.05) is 12.1 Å². The molecule has 0 bridgehead atoms. The summed E-state index contributed by atoms with van der Waals surface area (Å²) in [5, 5.41) is 2.63. The number of fused-ring (bicyclic) bond motifs is 2. The maximum Gasteiger partial charge on any atom is 0.419 e. The molecule has 0 unspecified atom stereocenters. The van der Waals surface area contributed by atoms with Crippen LogP contribution in [0.25, 0.3) is 11.1 Å². The lowest BCUT2D eigenvalue weighted by atomic mass is 10.2. The number of amides is 1. The van der Waals surface area contributed by atoms with Crippen LogP contribution in [0.2, 0.25) is 0 Å². The summed E-state index contributed by atoms with van der Waals surface area (Å²) in [4.78, 5) is 35.8. The number of rotatable bonds is 6. The quantitative estimate of drug-likeness (QED) is 0.632. The second-order valence-electron chi connectivity index (χ2n) is 6.30. The van der Waals surface area contributed by atoms with Crippen molar-refractivity contribution in [3.63, 3.8) is 0 Å². The molecule has 0 saturated carbocycles. The number of nitrogens with one attached hydrogen (secondary N) is 1. The van der Waals surface area contributed by atoms with Gasteiger partial charge in [0.25, 0.3) is 5.91 Å². The van der Waals surface area contributed by atoms with Crippen LogP contribution in [0.5, 0.6) is 11.5 Å². The minimum atomic E-state index is -0.598. The standard InChI is InChI=1S/C20H18N2O7/c23-18(21-13-5-6-16-17(11-13)27-10-9-26-16)12-28-19(24)7-8-22-14-3-1-2-4-15(14)29-20(22)25/h1-6,11H,7-10,12H2,(H,21,23). The summed E-state index contributed by atoms with van der Waals surface area (Å²) in [6, 6.07) is 11.9. The molecule has 2 aromatic carbocycles. The number of aromatic nitrogens is 1. The predicted molar refractivity (Wildman–Crippen MR) is 102 cm³/mol. The van der Waals surface area contributed by atoms with Gasteiger partial charge >= 0.3 is 11.7 Å². The lowest BCUT2D eigenvalue weighted by Gasteiger charge is -2.19. The fourth-order valence-corrected chi connectivity index (χ4v) is 2.97. The normalized spacial score (nSPS) is 12.6. The number of hydrogen-bond donors (Lipinski definition) is 1. The molecule has 1 N–H and O–H groups in total. The van der Waals surface area contributed by atoms with Crippen molar-refractivity contribution in [2.75, 3.05) is 25.1 Å². The average Bonchev–Trinajstić information content (AvgIpc) is 3.05. The van der Waals surface area contributed by atoms with E-state index in [0.717, 1.165) is 0 Å². The largest absolute Gasteiger partial charge is 0.486 e. The molecule has 2 heterocycles. The van der Waals surface area contributed by atoms with Gasteiger partial charge in [-0.25, -0.2) is 4.79 Å². The second-order valence-corrected chi connectivity index (χ2v) is 6.30. The molecule has 29 heavy (non-hydrogen) atoms. The van der Waals surface area contributed by atoms with Crippen LogP contribution in [-0.4, -0.2) is 36.3 Å². The van der Waals surface area contributed by atoms with Gasteiger partial charge in [0.05, 0.1) is 11.9 Å². The highest BCUT2D eigenvalue weighted by Gasteiger charge is 2.15. The number of hydrogen-bond acceptors (Lipinski definition) is 7. The zero-order chi connectivity index (χ0) is 20.2. The molecule has 1 aliphatic rings. The van der Waals surface area contributed by atoms with E-state index < -0.39 is 24.2 Å². The molecule has 3 aromatic rings. The van der Waals surface area contributed by atoms with Gasteiger partial charge in [0, 0.05) is 18.3 Å².